The molecule has 0 radical (unpaired) electrons. The van der Waals surface area contributed by atoms with Crippen LogP contribution in [0.25, 0.3) is 16.3 Å². The number of carbonyl (C=O) groups excluding carboxylic acids is 2. The molecular formula is C22H20F2N2O5S. The van der Waals surface area contributed by atoms with Crippen LogP contribution in [0.15, 0.2) is 41.4 Å². The molecule has 168 valence electrons. The van der Waals surface area contributed by atoms with E-state index in [1.807, 2.05) is 0 Å². The first-order chi connectivity index (χ1) is 15.4. The molecule has 1 heterocycles. The molecule has 2 aromatic carbocycles. The Labute approximate surface area is 186 Å². The summed E-state index contributed by atoms with van der Waals surface area (Å²) in [7, 11) is 3.01. The van der Waals surface area contributed by atoms with E-state index in [4.69, 9.17) is 14.2 Å². The van der Waals surface area contributed by atoms with Crippen molar-refractivity contribution in [2.75, 3.05) is 20.8 Å². The largest absolute Gasteiger partial charge is 0.493 e. The van der Waals surface area contributed by atoms with Gasteiger partial charge >= 0.3 is 5.97 Å². The number of aromatic nitrogens is 1. The summed E-state index contributed by atoms with van der Waals surface area (Å²) in [5.41, 5.74) is 0.634. The van der Waals surface area contributed by atoms with Crippen LogP contribution in [0.1, 0.15) is 12.5 Å². The van der Waals surface area contributed by atoms with E-state index in [2.05, 4.69) is 4.99 Å². The summed E-state index contributed by atoms with van der Waals surface area (Å²) in [5.74, 6) is -1.88. The lowest BCUT2D eigenvalue weighted by atomic mass is 10.2. The zero-order chi connectivity index (χ0) is 23.3. The minimum Gasteiger partial charge on any atom is -0.493 e. The summed E-state index contributed by atoms with van der Waals surface area (Å²) in [4.78, 5) is 28.5. The number of fused-ring (bicyclic) bond motifs is 1. The van der Waals surface area contributed by atoms with Gasteiger partial charge in [-0.05, 0) is 36.8 Å². The van der Waals surface area contributed by atoms with Crippen LogP contribution in [-0.4, -0.2) is 37.3 Å². The summed E-state index contributed by atoms with van der Waals surface area (Å²) < 4.78 is 44.8. The number of esters is 1. The quantitative estimate of drug-likeness (QED) is 0.395. The number of hydrogen-bond acceptors (Lipinski definition) is 6. The Bertz CT molecular complexity index is 1260. The molecule has 0 aliphatic heterocycles. The second-order valence-electron chi connectivity index (χ2n) is 6.41. The highest BCUT2D eigenvalue weighted by Gasteiger charge is 2.16. The van der Waals surface area contributed by atoms with Crippen LogP contribution in [0.3, 0.4) is 0 Å². The zero-order valence-electron chi connectivity index (χ0n) is 17.6. The number of nitrogens with zero attached hydrogens (tertiary/aromatic N) is 2. The Kier molecular flexibility index (Phi) is 7.37. The highest BCUT2D eigenvalue weighted by atomic mass is 32.1. The van der Waals surface area contributed by atoms with Gasteiger partial charge in [-0.25, -0.2) is 8.78 Å². The summed E-state index contributed by atoms with van der Waals surface area (Å²) in [6, 6.07) is 6.93. The normalized spacial score (nSPS) is 11.8. The highest BCUT2D eigenvalue weighted by molar-refractivity contribution is 7.16. The van der Waals surface area contributed by atoms with Crippen molar-refractivity contribution in [3.05, 3.63) is 58.4 Å². The molecule has 0 spiro atoms. The fraction of sp³-hybridized carbons (Fsp3) is 0.227. The van der Waals surface area contributed by atoms with Crippen LogP contribution in [0, 0.1) is 11.6 Å². The fourth-order valence-electron chi connectivity index (χ4n) is 2.95. The monoisotopic (exact) mass is 462 g/mol. The van der Waals surface area contributed by atoms with Gasteiger partial charge in [0.25, 0.3) is 5.91 Å². The lowest BCUT2D eigenvalue weighted by molar-refractivity contribution is -0.143. The van der Waals surface area contributed by atoms with Crippen LogP contribution in [0.4, 0.5) is 8.78 Å². The molecule has 1 amide bonds. The van der Waals surface area contributed by atoms with E-state index in [-0.39, 0.29) is 28.2 Å². The lowest BCUT2D eigenvalue weighted by Crippen LogP contribution is -2.23. The molecule has 0 saturated heterocycles. The Balaban J connectivity index is 1.99. The zero-order valence-corrected chi connectivity index (χ0v) is 18.4. The first-order valence-corrected chi connectivity index (χ1v) is 10.3. The second-order valence-corrected chi connectivity index (χ2v) is 7.42. The highest BCUT2D eigenvalue weighted by Crippen LogP contribution is 2.28. The Morgan fingerprint density at radius 1 is 1.12 bits per heavy atom. The minimum absolute atomic E-state index is 0.0279. The standard InChI is InChI=1S/C22H20F2N2O5S/c1-4-31-20(28)12-26-21-15(24)10-14(23)11-18(21)32-22(26)25-19(27)8-6-13-5-7-16(29-2)17(9-13)30-3/h5-11H,4,12H2,1-3H3/b8-6-,25-22?. The van der Waals surface area contributed by atoms with E-state index in [1.54, 1.807) is 25.1 Å². The number of thiazole rings is 1. The maximum Gasteiger partial charge on any atom is 0.326 e. The molecular weight excluding hydrogens is 442 g/mol. The molecule has 32 heavy (non-hydrogen) atoms. The third-order valence-corrected chi connectivity index (χ3v) is 5.34. The molecule has 1 aromatic heterocycles. The lowest BCUT2D eigenvalue weighted by Gasteiger charge is -2.07. The summed E-state index contributed by atoms with van der Waals surface area (Å²) in [6.45, 7) is 1.40. The Hall–Kier alpha value is -3.53. The molecule has 0 aliphatic rings. The summed E-state index contributed by atoms with van der Waals surface area (Å²) >= 11 is 0.891. The van der Waals surface area contributed by atoms with Crippen molar-refractivity contribution in [3.8, 4) is 11.5 Å². The van der Waals surface area contributed by atoms with Gasteiger partial charge in [0.2, 0.25) is 0 Å². The second kappa shape index (κ2) is 10.2. The maximum absolute atomic E-state index is 14.4. The minimum atomic E-state index is -0.865. The van der Waals surface area contributed by atoms with Gasteiger partial charge in [0.15, 0.2) is 22.1 Å². The number of ether oxygens (including phenoxy) is 3. The molecule has 0 atom stereocenters. The maximum atomic E-state index is 14.4. The van der Waals surface area contributed by atoms with Crippen LogP contribution in [0.5, 0.6) is 11.5 Å². The van der Waals surface area contributed by atoms with Crippen LogP contribution in [-0.2, 0) is 20.9 Å². The van der Waals surface area contributed by atoms with E-state index < -0.39 is 23.5 Å². The number of methoxy groups -OCH3 is 2. The van der Waals surface area contributed by atoms with Gasteiger partial charge in [0, 0.05) is 12.1 Å². The Morgan fingerprint density at radius 3 is 2.56 bits per heavy atom. The number of benzene rings is 2. The molecule has 0 aliphatic carbocycles. The van der Waals surface area contributed by atoms with Crippen molar-refractivity contribution in [3.63, 3.8) is 0 Å². The third kappa shape index (κ3) is 5.20. The van der Waals surface area contributed by atoms with Crippen molar-refractivity contribution in [2.45, 2.75) is 13.5 Å². The predicted octanol–water partition coefficient (Wildman–Crippen LogP) is 3.70. The first-order valence-electron chi connectivity index (χ1n) is 9.49. The number of hydrogen-bond donors (Lipinski definition) is 0. The average Bonchev–Trinajstić information content (AvgIpc) is 3.08. The third-order valence-electron chi connectivity index (χ3n) is 4.32. The van der Waals surface area contributed by atoms with E-state index in [9.17, 15) is 18.4 Å². The topological polar surface area (TPSA) is 79.1 Å². The van der Waals surface area contributed by atoms with Gasteiger partial charge in [-0.3, -0.25) is 9.59 Å². The predicted molar refractivity (Wildman–Crippen MR) is 116 cm³/mol. The fourth-order valence-corrected chi connectivity index (χ4v) is 4.03. The number of carbonyl (C=O) groups is 2. The van der Waals surface area contributed by atoms with Gasteiger partial charge in [0.05, 0.1) is 31.0 Å². The number of halogens is 2. The van der Waals surface area contributed by atoms with Crippen LogP contribution < -0.4 is 14.3 Å². The molecule has 0 unspecified atom stereocenters. The van der Waals surface area contributed by atoms with E-state index in [0.717, 1.165) is 17.4 Å². The smallest absolute Gasteiger partial charge is 0.326 e. The molecule has 0 N–H and O–H groups in total. The molecule has 0 saturated carbocycles. The molecule has 3 rings (SSSR count). The molecule has 0 fully saturated rings. The average molecular weight is 462 g/mol. The van der Waals surface area contributed by atoms with E-state index in [0.29, 0.717) is 23.1 Å². The Morgan fingerprint density at radius 2 is 1.88 bits per heavy atom. The van der Waals surface area contributed by atoms with Crippen molar-refractivity contribution < 1.29 is 32.6 Å². The van der Waals surface area contributed by atoms with Gasteiger partial charge in [0.1, 0.15) is 12.4 Å². The van der Waals surface area contributed by atoms with Crippen LogP contribution in [0.2, 0.25) is 0 Å². The van der Waals surface area contributed by atoms with Gasteiger partial charge in [-0.15, -0.1) is 0 Å². The summed E-state index contributed by atoms with van der Waals surface area (Å²) in [5, 5.41) is 0. The summed E-state index contributed by atoms with van der Waals surface area (Å²) in [6.07, 6.45) is 2.74. The van der Waals surface area contributed by atoms with E-state index in [1.165, 1.54) is 30.9 Å². The van der Waals surface area contributed by atoms with Crippen molar-refractivity contribution in [1.29, 1.82) is 0 Å². The molecule has 0 bridgehead atoms. The van der Waals surface area contributed by atoms with Crippen molar-refractivity contribution in [1.82, 2.24) is 4.57 Å². The van der Waals surface area contributed by atoms with Crippen LogP contribution >= 0.6 is 11.3 Å². The number of rotatable bonds is 7. The van der Waals surface area contributed by atoms with Crippen molar-refractivity contribution >= 4 is 39.5 Å². The molecule has 7 nitrogen and oxygen atoms in total. The van der Waals surface area contributed by atoms with Crippen molar-refractivity contribution in [2.24, 2.45) is 4.99 Å². The first kappa shape index (κ1) is 23.1. The van der Waals surface area contributed by atoms with Gasteiger partial charge in [-0.1, -0.05) is 17.4 Å². The van der Waals surface area contributed by atoms with Gasteiger partial charge < -0.3 is 18.8 Å². The SMILES string of the molecule is CCOC(=O)Cn1c(=NC(=O)/C=C\c2ccc(OC)c(OC)c2)sc2cc(F)cc(F)c21. The van der Waals surface area contributed by atoms with E-state index >= 15 is 0 Å². The molecule has 10 heteroatoms. The van der Waals surface area contributed by atoms with Gasteiger partial charge in [-0.2, -0.15) is 4.99 Å². The number of amides is 1. The molecule has 3 aromatic rings.